The summed E-state index contributed by atoms with van der Waals surface area (Å²) in [6.07, 6.45) is 0. The van der Waals surface area contributed by atoms with Crippen molar-refractivity contribution in [3.63, 3.8) is 0 Å². The van der Waals surface area contributed by atoms with Crippen LogP contribution in [0.15, 0.2) is 42.5 Å². The lowest BCUT2D eigenvalue weighted by atomic mass is 10.0. The molecule has 0 heterocycles. The molecule has 0 unspecified atom stereocenters. The van der Waals surface area contributed by atoms with Gasteiger partial charge in [-0.15, -0.1) is 0 Å². The normalized spacial score (nSPS) is 10.3. The average molecular weight is 260 g/mol. The first-order chi connectivity index (χ1) is 8.70. The smallest absolute Gasteiger partial charge is 0.111 e. The summed E-state index contributed by atoms with van der Waals surface area (Å²) in [5.41, 5.74) is 11.1. The van der Waals surface area contributed by atoms with Crippen molar-refractivity contribution in [2.45, 2.75) is 6.92 Å². The zero-order chi connectivity index (χ0) is 13.0. The van der Waals surface area contributed by atoms with Crippen molar-refractivity contribution in [3.8, 4) is 11.1 Å². The van der Waals surface area contributed by atoms with Crippen molar-refractivity contribution < 1.29 is 4.18 Å². The molecule has 0 amide bonds. The molecular weight excluding hydrogens is 244 g/mol. The van der Waals surface area contributed by atoms with Gasteiger partial charge in [0, 0.05) is 0 Å². The maximum atomic E-state index is 6.00. The quantitative estimate of drug-likeness (QED) is 0.498. The van der Waals surface area contributed by atoms with Crippen LogP contribution >= 0.6 is 12.2 Å². The van der Waals surface area contributed by atoms with Gasteiger partial charge < -0.3 is 14.6 Å². The monoisotopic (exact) mass is 260 g/mol. The zero-order valence-corrected chi connectivity index (χ0v) is 11.3. The van der Waals surface area contributed by atoms with Gasteiger partial charge in [-0.2, -0.15) is 0 Å². The summed E-state index contributed by atoms with van der Waals surface area (Å²) in [7, 11) is 1.61. The summed E-state index contributed by atoms with van der Waals surface area (Å²) < 4.78 is 7.90. The lowest BCUT2D eigenvalue weighted by Crippen LogP contribution is -1.94. The summed E-state index contributed by atoms with van der Waals surface area (Å²) in [4.78, 5) is 0. The van der Waals surface area contributed by atoms with E-state index in [0.29, 0.717) is 5.69 Å². The molecule has 0 spiro atoms. The lowest BCUT2D eigenvalue weighted by molar-refractivity contribution is 0.492. The molecule has 0 radical (unpaired) electrons. The van der Waals surface area contributed by atoms with Crippen LogP contribution < -0.4 is 10.5 Å². The molecule has 0 saturated heterocycles. The molecule has 0 fully saturated rings. The van der Waals surface area contributed by atoms with Crippen molar-refractivity contribution in [1.29, 1.82) is 0 Å². The second kappa shape index (κ2) is 5.80. The molecular formula is C14H16N2OS. The van der Waals surface area contributed by atoms with E-state index >= 15 is 0 Å². The first-order valence-corrected chi connectivity index (χ1v) is 6.37. The summed E-state index contributed by atoms with van der Waals surface area (Å²) in [5.74, 6) is 0. The molecule has 0 saturated carbocycles. The largest absolute Gasteiger partial charge is 0.397 e. The van der Waals surface area contributed by atoms with Gasteiger partial charge in [0.15, 0.2) is 0 Å². The van der Waals surface area contributed by atoms with E-state index in [1.165, 1.54) is 11.1 Å². The number of hydrogen-bond acceptors (Lipinski definition) is 4. The van der Waals surface area contributed by atoms with Crippen LogP contribution in [0.4, 0.5) is 11.4 Å². The van der Waals surface area contributed by atoms with Crippen LogP contribution in [-0.4, -0.2) is 7.11 Å². The molecule has 2 aromatic carbocycles. The molecule has 0 aliphatic carbocycles. The SMILES string of the molecule is COSNc1ccc(-c2ccc(C)cc2)cc1N. The van der Waals surface area contributed by atoms with Crippen LogP contribution in [0.5, 0.6) is 0 Å². The van der Waals surface area contributed by atoms with Crippen LogP contribution in [0.2, 0.25) is 0 Å². The number of anilines is 2. The third-order valence-corrected chi connectivity index (χ3v) is 3.14. The molecule has 4 heteroatoms. The summed E-state index contributed by atoms with van der Waals surface area (Å²) in [5, 5.41) is 0. The Morgan fingerprint density at radius 3 is 2.33 bits per heavy atom. The van der Waals surface area contributed by atoms with E-state index in [0.717, 1.165) is 23.5 Å². The molecule has 18 heavy (non-hydrogen) atoms. The minimum atomic E-state index is 0.706. The van der Waals surface area contributed by atoms with Gasteiger partial charge in [-0.1, -0.05) is 35.9 Å². The Hall–Kier alpha value is -1.65. The van der Waals surface area contributed by atoms with Crippen molar-refractivity contribution in [2.75, 3.05) is 17.6 Å². The first-order valence-electron chi connectivity index (χ1n) is 5.63. The van der Waals surface area contributed by atoms with Gasteiger partial charge in [-0.3, -0.25) is 0 Å². The van der Waals surface area contributed by atoms with E-state index in [1.807, 2.05) is 18.2 Å². The Morgan fingerprint density at radius 1 is 1.06 bits per heavy atom. The Bertz CT molecular complexity index is 526. The predicted octanol–water partition coefficient (Wildman–Crippen LogP) is 3.87. The number of hydrogen-bond donors (Lipinski definition) is 2. The van der Waals surface area contributed by atoms with Gasteiger partial charge in [0.2, 0.25) is 0 Å². The number of benzene rings is 2. The third-order valence-electron chi connectivity index (χ3n) is 2.67. The predicted molar refractivity (Wildman–Crippen MR) is 79.3 cm³/mol. The number of nitrogens with two attached hydrogens (primary N) is 1. The average Bonchev–Trinajstić information content (AvgIpc) is 2.38. The Kier molecular flexibility index (Phi) is 4.12. The molecule has 3 N–H and O–H groups in total. The van der Waals surface area contributed by atoms with Crippen molar-refractivity contribution in [3.05, 3.63) is 48.0 Å². The zero-order valence-electron chi connectivity index (χ0n) is 10.4. The highest BCUT2D eigenvalue weighted by molar-refractivity contribution is 7.96. The molecule has 3 nitrogen and oxygen atoms in total. The third kappa shape index (κ3) is 2.97. The summed E-state index contributed by atoms with van der Waals surface area (Å²) >= 11 is 1.15. The fourth-order valence-corrected chi connectivity index (χ4v) is 2.03. The topological polar surface area (TPSA) is 47.3 Å². The highest BCUT2D eigenvalue weighted by Crippen LogP contribution is 2.28. The molecule has 0 aromatic heterocycles. The molecule has 94 valence electrons. The molecule has 0 aliphatic rings. The van der Waals surface area contributed by atoms with E-state index < -0.39 is 0 Å². The molecule has 0 bridgehead atoms. The van der Waals surface area contributed by atoms with Crippen molar-refractivity contribution in [2.24, 2.45) is 0 Å². The van der Waals surface area contributed by atoms with Gasteiger partial charge in [0.1, 0.15) is 12.2 Å². The van der Waals surface area contributed by atoms with Crippen molar-refractivity contribution in [1.82, 2.24) is 0 Å². The van der Waals surface area contributed by atoms with E-state index in [9.17, 15) is 0 Å². The lowest BCUT2D eigenvalue weighted by Gasteiger charge is -2.09. The van der Waals surface area contributed by atoms with Gasteiger partial charge >= 0.3 is 0 Å². The van der Waals surface area contributed by atoms with Crippen molar-refractivity contribution >= 4 is 23.6 Å². The van der Waals surface area contributed by atoms with Crippen LogP contribution in [0, 0.1) is 6.92 Å². The molecule has 2 rings (SSSR count). The van der Waals surface area contributed by atoms with Gasteiger partial charge in [-0.05, 0) is 30.2 Å². The summed E-state index contributed by atoms with van der Waals surface area (Å²) in [6.45, 7) is 2.08. The van der Waals surface area contributed by atoms with Crippen LogP contribution in [0.25, 0.3) is 11.1 Å². The minimum Gasteiger partial charge on any atom is -0.397 e. The molecule has 0 atom stereocenters. The van der Waals surface area contributed by atoms with Crippen LogP contribution in [-0.2, 0) is 4.18 Å². The summed E-state index contributed by atoms with van der Waals surface area (Å²) in [6, 6.07) is 14.3. The fourth-order valence-electron chi connectivity index (χ4n) is 1.67. The Morgan fingerprint density at radius 2 is 1.72 bits per heavy atom. The van der Waals surface area contributed by atoms with E-state index in [4.69, 9.17) is 9.92 Å². The molecule has 2 aromatic rings. The minimum absolute atomic E-state index is 0.706. The maximum absolute atomic E-state index is 6.00. The van der Waals surface area contributed by atoms with Crippen LogP contribution in [0.1, 0.15) is 5.56 Å². The standard InChI is InChI=1S/C14H16N2OS/c1-10-3-5-11(6-4-10)12-7-8-14(13(15)9-12)16-18-17-2/h3-9,16H,15H2,1-2H3. The van der Waals surface area contributed by atoms with Crippen LogP contribution in [0.3, 0.4) is 0 Å². The second-order valence-corrected chi connectivity index (χ2v) is 4.72. The number of nitrogen functional groups attached to an aromatic ring is 1. The maximum Gasteiger partial charge on any atom is 0.111 e. The van der Waals surface area contributed by atoms with E-state index in [2.05, 4.69) is 35.9 Å². The van der Waals surface area contributed by atoms with E-state index in [1.54, 1.807) is 7.11 Å². The second-order valence-electron chi connectivity index (χ2n) is 4.02. The first kappa shape index (κ1) is 12.8. The fraction of sp³-hybridized carbons (Fsp3) is 0.143. The Labute approximate surface area is 112 Å². The number of nitrogens with one attached hydrogen (secondary N) is 1. The highest BCUT2D eigenvalue weighted by atomic mass is 32.2. The van der Waals surface area contributed by atoms with Gasteiger partial charge in [0.25, 0.3) is 0 Å². The number of aryl methyl sites for hydroxylation is 1. The number of rotatable bonds is 4. The Balaban J connectivity index is 2.25. The molecule has 0 aliphatic heterocycles. The highest BCUT2D eigenvalue weighted by Gasteiger charge is 2.02. The van der Waals surface area contributed by atoms with Gasteiger partial charge in [0.05, 0.1) is 18.5 Å². The van der Waals surface area contributed by atoms with Gasteiger partial charge in [-0.25, -0.2) is 0 Å². The van der Waals surface area contributed by atoms with E-state index in [-0.39, 0.29) is 0 Å².